The molecule has 0 aliphatic rings. The lowest BCUT2D eigenvalue weighted by molar-refractivity contribution is 0.0457. The lowest BCUT2D eigenvalue weighted by Gasteiger charge is -2.10. The van der Waals surface area contributed by atoms with E-state index in [4.69, 9.17) is 13.7 Å². The number of nitrogens with zero attached hydrogens (tertiary/aromatic N) is 3. The SMILES string of the molecule is CCCCCCn1nc(C(=O)OCc2cc(-c3ccco3)on2)c2ccccc2c1=O. The molecular weight excluding hydrogens is 398 g/mol. The second-order valence-corrected chi connectivity index (χ2v) is 7.22. The zero-order valence-electron chi connectivity index (χ0n) is 17.2. The van der Waals surface area contributed by atoms with Crippen LogP contribution in [-0.2, 0) is 17.9 Å². The van der Waals surface area contributed by atoms with Crippen molar-refractivity contribution < 1.29 is 18.5 Å². The predicted octanol–water partition coefficient (Wildman–Crippen LogP) is 4.58. The van der Waals surface area contributed by atoms with Crippen molar-refractivity contribution in [2.75, 3.05) is 0 Å². The number of hydrogen-bond donors (Lipinski definition) is 0. The zero-order chi connectivity index (χ0) is 21.6. The van der Waals surface area contributed by atoms with Crippen molar-refractivity contribution in [3.05, 3.63) is 70.5 Å². The van der Waals surface area contributed by atoms with Crippen LogP contribution in [0.1, 0.15) is 48.8 Å². The maximum Gasteiger partial charge on any atom is 0.359 e. The molecule has 0 unspecified atom stereocenters. The van der Waals surface area contributed by atoms with Crippen molar-refractivity contribution in [2.24, 2.45) is 0 Å². The minimum Gasteiger partial charge on any atom is -0.461 e. The molecule has 0 radical (unpaired) electrons. The summed E-state index contributed by atoms with van der Waals surface area (Å²) in [5.41, 5.74) is 0.348. The zero-order valence-corrected chi connectivity index (χ0v) is 17.2. The first kappa shape index (κ1) is 20.6. The molecule has 8 heteroatoms. The number of rotatable bonds is 9. The van der Waals surface area contributed by atoms with Gasteiger partial charge in [-0.15, -0.1) is 0 Å². The molecule has 0 bridgehead atoms. The normalized spacial score (nSPS) is 11.1. The summed E-state index contributed by atoms with van der Waals surface area (Å²) >= 11 is 0. The van der Waals surface area contributed by atoms with Gasteiger partial charge in [-0.3, -0.25) is 4.79 Å². The summed E-state index contributed by atoms with van der Waals surface area (Å²) in [5, 5.41) is 9.15. The molecule has 3 heterocycles. The van der Waals surface area contributed by atoms with E-state index in [0.717, 1.165) is 25.7 Å². The maximum absolute atomic E-state index is 12.8. The van der Waals surface area contributed by atoms with Crippen LogP contribution < -0.4 is 5.56 Å². The van der Waals surface area contributed by atoms with Gasteiger partial charge in [0.15, 0.2) is 11.5 Å². The molecule has 0 amide bonds. The minimum atomic E-state index is -0.624. The van der Waals surface area contributed by atoms with E-state index < -0.39 is 5.97 Å². The summed E-state index contributed by atoms with van der Waals surface area (Å²) in [6.07, 6.45) is 5.55. The third-order valence-corrected chi connectivity index (χ3v) is 4.96. The van der Waals surface area contributed by atoms with Crippen LogP contribution in [0.25, 0.3) is 22.3 Å². The number of hydrogen-bond acceptors (Lipinski definition) is 7. The van der Waals surface area contributed by atoms with Gasteiger partial charge >= 0.3 is 5.97 Å². The maximum atomic E-state index is 12.8. The molecule has 0 atom stereocenters. The van der Waals surface area contributed by atoms with Gasteiger partial charge in [0.25, 0.3) is 5.56 Å². The van der Waals surface area contributed by atoms with E-state index in [1.54, 1.807) is 42.5 Å². The fourth-order valence-corrected chi connectivity index (χ4v) is 3.35. The van der Waals surface area contributed by atoms with E-state index in [1.807, 2.05) is 0 Å². The molecular formula is C23H23N3O5. The number of carbonyl (C=O) groups excluding carboxylic acids is 1. The highest BCUT2D eigenvalue weighted by atomic mass is 16.5. The molecule has 160 valence electrons. The van der Waals surface area contributed by atoms with Crippen LogP contribution in [-0.4, -0.2) is 20.9 Å². The molecule has 4 aromatic rings. The monoisotopic (exact) mass is 421 g/mol. The van der Waals surface area contributed by atoms with E-state index in [1.165, 1.54) is 10.9 Å². The van der Waals surface area contributed by atoms with Crippen LogP contribution in [0.4, 0.5) is 0 Å². The van der Waals surface area contributed by atoms with Crippen LogP contribution in [0.5, 0.6) is 0 Å². The van der Waals surface area contributed by atoms with Gasteiger partial charge in [-0.2, -0.15) is 5.10 Å². The molecule has 4 rings (SSSR count). The third kappa shape index (κ3) is 4.58. The van der Waals surface area contributed by atoms with E-state index in [9.17, 15) is 9.59 Å². The first-order chi connectivity index (χ1) is 15.2. The van der Waals surface area contributed by atoms with Crippen LogP contribution in [0.15, 0.2) is 62.5 Å². The van der Waals surface area contributed by atoms with Gasteiger partial charge in [-0.25, -0.2) is 9.48 Å². The van der Waals surface area contributed by atoms with Gasteiger partial charge in [-0.05, 0) is 24.6 Å². The first-order valence-corrected chi connectivity index (χ1v) is 10.3. The molecule has 0 saturated carbocycles. The van der Waals surface area contributed by atoms with Crippen molar-refractivity contribution >= 4 is 16.7 Å². The Hall–Kier alpha value is -3.68. The highest BCUT2D eigenvalue weighted by molar-refractivity contribution is 6.02. The Bertz CT molecular complexity index is 1220. The fraction of sp³-hybridized carbons (Fsp3) is 0.304. The number of benzene rings is 1. The molecule has 0 aliphatic heterocycles. The number of unbranched alkanes of at least 4 members (excludes halogenated alkanes) is 3. The van der Waals surface area contributed by atoms with Gasteiger partial charge in [0.05, 0.1) is 11.6 Å². The Morgan fingerprint density at radius 2 is 1.90 bits per heavy atom. The highest BCUT2D eigenvalue weighted by Crippen LogP contribution is 2.21. The molecule has 0 fully saturated rings. The smallest absolute Gasteiger partial charge is 0.359 e. The van der Waals surface area contributed by atoms with Crippen LogP contribution in [0.3, 0.4) is 0 Å². The quantitative estimate of drug-likeness (QED) is 0.288. The first-order valence-electron chi connectivity index (χ1n) is 10.3. The highest BCUT2D eigenvalue weighted by Gasteiger charge is 2.19. The molecule has 0 spiro atoms. The lowest BCUT2D eigenvalue weighted by atomic mass is 10.1. The predicted molar refractivity (Wildman–Crippen MR) is 113 cm³/mol. The Kier molecular flexibility index (Phi) is 6.26. The standard InChI is InChI=1S/C23H23N3O5/c1-2-3-4-7-12-26-22(27)18-10-6-5-9-17(18)21(24-26)23(28)30-15-16-14-20(31-25-16)19-11-8-13-29-19/h5-6,8-11,13-14H,2-4,7,12,15H2,1H3. The van der Waals surface area contributed by atoms with Crippen LogP contribution in [0.2, 0.25) is 0 Å². The van der Waals surface area contributed by atoms with Gasteiger partial charge in [0.2, 0.25) is 5.76 Å². The number of aromatic nitrogens is 3. The number of furan rings is 1. The van der Waals surface area contributed by atoms with Gasteiger partial charge in [-0.1, -0.05) is 49.5 Å². The van der Waals surface area contributed by atoms with Crippen molar-refractivity contribution in [1.82, 2.24) is 14.9 Å². The average molecular weight is 421 g/mol. The van der Waals surface area contributed by atoms with Crippen LogP contribution in [0, 0.1) is 0 Å². The average Bonchev–Trinajstić information content (AvgIpc) is 3.48. The summed E-state index contributed by atoms with van der Waals surface area (Å²) in [5.74, 6) is 0.356. The molecule has 0 N–H and O–H groups in total. The van der Waals surface area contributed by atoms with Gasteiger partial charge < -0.3 is 13.7 Å². The van der Waals surface area contributed by atoms with E-state index in [-0.39, 0.29) is 17.9 Å². The Balaban J connectivity index is 1.54. The molecule has 0 saturated heterocycles. The van der Waals surface area contributed by atoms with Gasteiger partial charge in [0, 0.05) is 18.0 Å². The summed E-state index contributed by atoms with van der Waals surface area (Å²) < 4.78 is 17.3. The van der Waals surface area contributed by atoms with Crippen LogP contribution >= 0.6 is 0 Å². The van der Waals surface area contributed by atoms with E-state index >= 15 is 0 Å². The molecule has 0 aliphatic carbocycles. The van der Waals surface area contributed by atoms with Crippen molar-refractivity contribution in [3.63, 3.8) is 0 Å². The Morgan fingerprint density at radius 3 is 2.68 bits per heavy atom. The number of esters is 1. The van der Waals surface area contributed by atoms with Crippen molar-refractivity contribution in [3.8, 4) is 11.5 Å². The molecule has 8 nitrogen and oxygen atoms in total. The molecule has 3 aromatic heterocycles. The number of carbonyl (C=O) groups is 1. The van der Waals surface area contributed by atoms with Crippen molar-refractivity contribution in [2.45, 2.75) is 45.8 Å². The second-order valence-electron chi connectivity index (χ2n) is 7.22. The van der Waals surface area contributed by atoms with E-state index in [0.29, 0.717) is 34.5 Å². The largest absolute Gasteiger partial charge is 0.461 e. The fourth-order valence-electron chi connectivity index (χ4n) is 3.35. The number of fused-ring (bicyclic) bond motifs is 1. The molecule has 31 heavy (non-hydrogen) atoms. The number of ether oxygens (including phenoxy) is 1. The second kappa shape index (κ2) is 9.42. The summed E-state index contributed by atoms with van der Waals surface area (Å²) in [6, 6.07) is 12.1. The number of aryl methyl sites for hydroxylation is 1. The Labute approximate surface area is 178 Å². The van der Waals surface area contributed by atoms with E-state index in [2.05, 4.69) is 17.2 Å². The van der Waals surface area contributed by atoms with Gasteiger partial charge in [0.1, 0.15) is 12.3 Å². The third-order valence-electron chi connectivity index (χ3n) is 4.96. The topological polar surface area (TPSA) is 100 Å². The molecule has 1 aromatic carbocycles. The van der Waals surface area contributed by atoms with Crippen molar-refractivity contribution in [1.29, 1.82) is 0 Å². The summed E-state index contributed by atoms with van der Waals surface area (Å²) in [6.45, 7) is 2.50. The summed E-state index contributed by atoms with van der Waals surface area (Å²) in [4.78, 5) is 25.6. The lowest BCUT2D eigenvalue weighted by Crippen LogP contribution is -2.26. The minimum absolute atomic E-state index is 0.0886. The summed E-state index contributed by atoms with van der Waals surface area (Å²) in [7, 11) is 0. The Morgan fingerprint density at radius 1 is 1.06 bits per heavy atom.